The summed E-state index contributed by atoms with van der Waals surface area (Å²) in [5.74, 6) is 0. The van der Waals surface area contributed by atoms with Gasteiger partial charge in [0.1, 0.15) is 6.10 Å². The van der Waals surface area contributed by atoms with E-state index in [0.29, 0.717) is 11.1 Å². The molecule has 4 heteroatoms. The van der Waals surface area contributed by atoms with Gasteiger partial charge in [-0.1, -0.05) is 24.3 Å². The summed E-state index contributed by atoms with van der Waals surface area (Å²) in [6, 6.07) is 6.81. The molecule has 1 aromatic carbocycles. The van der Waals surface area contributed by atoms with Gasteiger partial charge < -0.3 is 20.4 Å². The van der Waals surface area contributed by atoms with Gasteiger partial charge in [-0.15, -0.1) is 0 Å². The highest BCUT2D eigenvalue weighted by molar-refractivity contribution is 5.29. The van der Waals surface area contributed by atoms with Crippen molar-refractivity contribution in [1.82, 2.24) is 0 Å². The lowest BCUT2D eigenvalue weighted by Gasteiger charge is -2.19. The van der Waals surface area contributed by atoms with Crippen molar-refractivity contribution in [2.45, 2.75) is 25.2 Å². The molecule has 0 spiro atoms. The third kappa shape index (κ3) is 3.00. The molecule has 1 aromatic rings. The summed E-state index contributed by atoms with van der Waals surface area (Å²) < 4.78 is 0. The largest absolute Gasteiger partial charge is 0.396 e. The Labute approximate surface area is 88.4 Å². The van der Waals surface area contributed by atoms with E-state index in [1.807, 2.05) is 0 Å². The maximum atomic E-state index is 9.76. The molecule has 2 unspecified atom stereocenters. The lowest BCUT2D eigenvalue weighted by Crippen LogP contribution is -2.20. The highest BCUT2D eigenvalue weighted by Crippen LogP contribution is 2.22. The zero-order valence-electron chi connectivity index (χ0n) is 8.37. The first-order valence-electron chi connectivity index (χ1n) is 4.86. The van der Waals surface area contributed by atoms with E-state index >= 15 is 0 Å². The van der Waals surface area contributed by atoms with Gasteiger partial charge >= 0.3 is 0 Å². The molecule has 4 nitrogen and oxygen atoms in total. The van der Waals surface area contributed by atoms with Crippen molar-refractivity contribution in [2.75, 3.05) is 6.61 Å². The van der Waals surface area contributed by atoms with Crippen LogP contribution in [0.15, 0.2) is 24.3 Å². The third-order valence-electron chi connectivity index (χ3n) is 2.33. The fourth-order valence-corrected chi connectivity index (χ4v) is 1.46. The van der Waals surface area contributed by atoms with Crippen molar-refractivity contribution in [3.8, 4) is 0 Å². The van der Waals surface area contributed by atoms with Gasteiger partial charge in [0.2, 0.25) is 0 Å². The Morgan fingerprint density at radius 2 is 1.73 bits per heavy atom. The second kappa shape index (κ2) is 5.82. The second-order valence-corrected chi connectivity index (χ2v) is 3.38. The predicted molar refractivity (Wildman–Crippen MR) is 55.0 cm³/mol. The highest BCUT2D eigenvalue weighted by atomic mass is 16.3. The first kappa shape index (κ1) is 12.1. The maximum absolute atomic E-state index is 9.76. The molecule has 4 N–H and O–H groups in total. The van der Waals surface area contributed by atoms with Crippen molar-refractivity contribution in [3.05, 3.63) is 35.4 Å². The summed E-state index contributed by atoms with van der Waals surface area (Å²) in [6.45, 7) is -0.363. The van der Waals surface area contributed by atoms with Crippen LogP contribution in [0.3, 0.4) is 0 Å². The minimum atomic E-state index is -1.07. The van der Waals surface area contributed by atoms with Crippen LogP contribution >= 0.6 is 0 Å². The van der Waals surface area contributed by atoms with Gasteiger partial charge in [-0.05, 0) is 17.5 Å². The smallest absolute Gasteiger partial charge is 0.105 e. The minimum Gasteiger partial charge on any atom is -0.396 e. The van der Waals surface area contributed by atoms with E-state index in [0.717, 1.165) is 0 Å². The first-order chi connectivity index (χ1) is 7.20. The van der Waals surface area contributed by atoms with Crippen molar-refractivity contribution in [2.24, 2.45) is 0 Å². The molecule has 0 aliphatic heterocycles. The molecule has 15 heavy (non-hydrogen) atoms. The van der Waals surface area contributed by atoms with Gasteiger partial charge in [0, 0.05) is 6.61 Å². The normalized spacial score (nSPS) is 14.9. The Morgan fingerprint density at radius 1 is 1.07 bits per heavy atom. The van der Waals surface area contributed by atoms with Crippen LogP contribution in [0.25, 0.3) is 0 Å². The van der Waals surface area contributed by atoms with E-state index in [-0.39, 0.29) is 19.6 Å². The molecule has 0 radical (unpaired) electrons. The van der Waals surface area contributed by atoms with Crippen molar-refractivity contribution in [1.29, 1.82) is 0 Å². The molecule has 2 atom stereocenters. The monoisotopic (exact) mass is 212 g/mol. The summed E-state index contributed by atoms with van der Waals surface area (Å²) in [5.41, 5.74) is 1.09. The highest BCUT2D eigenvalue weighted by Gasteiger charge is 2.19. The fourth-order valence-electron chi connectivity index (χ4n) is 1.46. The number of hydrogen-bond donors (Lipinski definition) is 4. The molecular weight excluding hydrogens is 196 g/mol. The van der Waals surface area contributed by atoms with Crippen LogP contribution in [0.4, 0.5) is 0 Å². The molecular formula is C11H16O4. The molecule has 0 amide bonds. The van der Waals surface area contributed by atoms with Gasteiger partial charge in [-0.2, -0.15) is 0 Å². The average Bonchev–Trinajstić information content (AvgIpc) is 2.28. The zero-order chi connectivity index (χ0) is 11.3. The van der Waals surface area contributed by atoms with Crippen LogP contribution in [-0.4, -0.2) is 33.1 Å². The Hall–Kier alpha value is -0.940. The topological polar surface area (TPSA) is 80.9 Å². The van der Waals surface area contributed by atoms with Crippen molar-refractivity contribution in [3.63, 3.8) is 0 Å². The van der Waals surface area contributed by atoms with E-state index in [1.165, 1.54) is 0 Å². The molecule has 0 aliphatic rings. The van der Waals surface area contributed by atoms with Crippen LogP contribution in [0.2, 0.25) is 0 Å². The second-order valence-electron chi connectivity index (χ2n) is 3.38. The Kier molecular flexibility index (Phi) is 4.71. The summed E-state index contributed by atoms with van der Waals surface area (Å²) in [4.78, 5) is 0. The average molecular weight is 212 g/mol. The summed E-state index contributed by atoms with van der Waals surface area (Å²) in [5, 5.41) is 36.9. The molecule has 0 fully saturated rings. The number of aliphatic hydroxyl groups excluding tert-OH is 4. The van der Waals surface area contributed by atoms with Gasteiger partial charge in [-0.25, -0.2) is 0 Å². The quantitative estimate of drug-likeness (QED) is 0.552. The van der Waals surface area contributed by atoms with Crippen LogP contribution in [0, 0.1) is 0 Å². The molecule has 0 saturated carbocycles. The SMILES string of the molecule is OCCC(O)C(O)c1ccccc1CO. The molecule has 0 aromatic heterocycles. The minimum absolute atomic E-state index is 0.112. The van der Waals surface area contributed by atoms with Gasteiger partial charge in [-0.3, -0.25) is 0 Å². The lowest BCUT2D eigenvalue weighted by atomic mass is 9.98. The van der Waals surface area contributed by atoms with E-state index in [9.17, 15) is 10.2 Å². The molecule has 0 saturated heterocycles. The molecule has 0 aliphatic carbocycles. The standard InChI is InChI=1S/C11H16O4/c12-6-5-10(14)11(15)9-4-2-1-3-8(9)7-13/h1-4,10-15H,5-7H2. The molecule has 0 bridgehead atoms. The number of benzene rings is 1. The number of rotatable bonds is 5. The van der Waals surface area contributed by atoms with E-state index < -0.39 is 12.2 Å². The Morgan fingerprint density at radius 3 is 2.33 bits per heavy atom. The van der Waals surface area contributed by atoms with E-state index in [1.54, 1.807) is 24.3 Å². The van der Waals surface area contributed by atoms with Crippen LogP contribution in [0.5, 0.6) is 0 Å². The Balaban J connectivity index is 2.84. The van der Waals surface area contributed by atoms with E-state index in [4.69, 9.17) is 10.2 Å². The molecule has 84 valence electrons. The third-order valence-corrected chi connectivity index (χ3v) is 2.33. The number of hydrogen-bond acceptors (Lipinski definition) is 4. The fraction of sp³-hybridized carbons (Fsp3) is 0.455. The van der Waals surface area contributed by atoms with Crippen LogP contribution in [0.1, 0.15) is 23.7 Å². The molecule has 1 rings (SSSR count). The molecule has 0 heterocycles. The van der Waals surface area contributed by atoms with Crippen LogP contribution in [-0.2, 0) is 6.61 Å². The van der Waals surface area contributed by atoms with Gasteiger partial charge in [0.25, 0.3) is 0 Å². The van der Waals surface area contributed by atoms with Gasteiger partial charge in [0.15, 0.2) is 0 Å². The summed E-state index contributed by atoms with van der Waals surface area (Å²) in [7, 11) is 0. The maximum Gasteiger partial charge on any atom is 0.105 e. The summed E-state index contributed by atoms with van der Waals surface area (Å²) in [6.07, 6.45) is -1.97. The number of aliphatic hydroxyl groups is 4. The first-order valence-corrected chi connectivity index (χ1v) is 4.86. The van der Waals surface area contributed by atoms with E-state index in [2.05, 4.69) is 0 Å². The zero-order valence-corrected chi connectivity index (χ0v) is 8.37. The van der Waals surface area contributed by atoms with Crippen LogP contribution < -0.4 is 0 Å². The lowest BCUT2D eigenvalue weighted by molar-refractivity contribution is 0.00325. The van der Waals surface area contributed by atoms with Crippen molar-refractivity contribution >= 4 is 0 Å². The predicted octanol–water partition coefficient (Wildman–Crippen LogP) is -0.0444. The van der Waals surface area contributed by atoms with Crippen molar-refractivity contribution < 1.29 is 20.4 Å². The van der Waals surface area contributed by atoms with Gasteiger partial charge in [0.05, 0.1) is 12.7 Å². The summed E-state index contributed by atoms with van der Waals surface area (Å²) >= 11 is 0. The Bertz CT molecular complexity index is 300.